The molecular formula is C19H16N4O4. The molecule has 0 bridgehead atoms. The van der Waals surface area contributed by atoms with Crippen LogP contribution in [0.1, 0.15) is 20.7 Å². The van der Waals surface area contributed by atoms with Crippen LogP contribution >= 0.6 is 0 Å². The third-order valence-corrected chi connectivity index (χ3v) is 3.70. The lowest BCUT2D eigenvalue weighted by atomic mass is 10.1. The Bertz CT molecular complexity index is 948. The van der Waals surface area contributed by atoms with Crippen molar-refractivity contribution >= 4 is 23.5 Å². The van der Waals surface area contributed by atoms with Gasteiger partial charge in [0, 0.05) is 29.2 Å². The molecule has 3 N–H and O–H groups in total. The molecule has 0 saturated heterocycles. The molecule has 8 nitrogen and oxygen atoms in total. The van der Waals surface area contributed by atoms with Gasteiger partial charge >= 0.3 is 5.97 Å². The molecule has 2 amide bonds. The predicted octanol–water partition coefficient (Wildman–Crippen LogP) is 1.94. The van der Waals surface area contributed by atoms with Gasteiger partial charge in [0.25, 0.3) is 11.8 Å². The molecule has 3 aromatic rings. The summed E-state index contributed by atoms with van der Waals surface area (Å²) in [7, 11) is 0. The second-order valence-electron chi connectivity index (χ2n) is 5.61. The lowest BCUT2D eigenvalue weighted by molar-refractivity contribution is -0.135. The average molecular weight is 364 g/mol. The van der Waals surface area contributed by atoms with Crippen molar-refractivity contribution < 1.29 is 19.5 Å². The molecule has 1 heterocycles. The summed E-state index contributed by atoms with van der Waals surface area (Å²) in [5, 5.41) is 17.7. The number of nitrogens with zero attached hydrogens (tertiary/aromatic N) is 2. The fraction of sp³-hybridized carbons (Fsp3) is 0.0526. The zero-order chi connectivity index (χ0) is 19.2. The summed E-state index contributed by atoms with van der Waals surface area (Å²) >= 11 is 0. The molecule has 0 fully saturated rings. The fourth-order valence-corrected chi connectivity index (χ4v) is 2.35. The number of carboxylic acids is 1. The number of carbonyl (C=O) groups excluding carboxylic acids is 2. The number of amides is 2. The number of aromatic nitrogens is 2. The summed E-state index contributed by atoms with van der Waals surface area (Å²) < 4.78 is 1.69. The van der Waals surface area contributed by atoms with Gasteiger partial charge in [0.05, 0.1) is 5.69 Å². The van der Waals surface area contributed by atoms with Crippen molar-refractivity contribution in [2.24, 2.45) is 0 Å². The highest BCUT2D eigenvalue weighted by molar-refractivity contribution is 6.04. The Balaban J connectivity index is 1.62. The molecular weight excluding hydrogens is 348 g/mol. The summed E-state index contributed by atoms with van der Waals surface area (Å²) in [5.74, 6) is -1.90. The first-order chi connectivity index (χ1) is 13.0. The van der Waals surface area contributed by atoms with Crippen molar-refractivity contribution in [3.05, 3.63) is 78.1 Å². The number of carboxylic acid groups (broad SMARTS) is 1. The summed E-state index contributed by atoms with van der Waals surface area (Å²) in [6.45, 7) is -0.453. The Morgan fingerprint density at radius 2 is 1.56 bits per heavy atom. The van der Waals surface area contributed by atoms with Crippen LogP contribution < -0.4 is 10.6 Å². The average Bonchev–Trinajstić information content (AvgIpc) is 3.21. The van der Waals surface area contributed by atoms with Crippen molar-refractivity contribution in [3.8, 4) is 5.69 Å². The molecule has 136 valence electrons. The maximum atomic E-state index is 12.3. The van der Waals surface area contributed by atoms with Crippen LogP contribution in [0.25, 0.3) is 5.69 Å². The van der Waals surface area contributed by atoms with Crippen molar-refractivity contribution in [3.63, 3.8) is 0 Å². The number of benzene rings is 2. The van der Waals surface area contributed by atoms with Crippen LogP contribution in [0, 0.1) is 0 Å². The highest BCUT2D eigenvalue weighted by Crippen LogP contribution is 2.13. The van der Waals surface area contributed by atoms with E-state index >= 15 is 0 Å². The Kier molecular flexibility index (Phi) is 5.27. The third-order valence-electron chi connectivity index (χ3n) is 3.70. The zero-order valence-electron chi connectivity index (χ0n) is 14.1. The number of carbonyl (C=O) groups is 3. The van der Waals surface area contributed by atoms with Gasteiger partial charge in [-0.3, -0.25) is 14.4 Å². The molecule has 2 aromatic carbocycles. The van der Waals surface area contributed by atoms with Gasteiger partial charge in [0.1, 0.15) is 6.54 Å². The van der Waals surface area contributed by atoms with Gasteiger partial charge in [0.2, 0.25) is 0 Å². The van der Waals surface area contributed by atoms with E-state index in [1.54, 1.807) is 47.3 Å². The van der Waals surface area contributed by atoms with Crippen molar-refractivity contribution in [1.29, 1.82) is 0 Å². The van der Waals surface area contributed by atoms with E-state index in [2.05, 4.69) is 15.7 Å². The van der Waals surface area contributed by atoms with E-state index in [9.17, 15) is 14.4 Å². The normalized spacial score (nSPS) is 10.2. The predicted molar refractivity (Wildman–Crippen MR) is 97.9 cm³/mol. The van der Waals surface area contributed by atoms with Crippen LogP contribution in [0.3, 0.4) is 0 Å². The lowest BCUT2D eigenvalue weighted by Gasteiger charge is -2.08. The molecule has 8 heteroatoms. The van der Waals surface area contributed by atoms with Gasteiger partial charge < -0.3 is 15.7 Å². The Morgan fingerprint density at radius 3 is 2.15 bits per heavy atom. The first-order valence-electron chi connectivity index (χ1n) is 8.04. The van der Waals surface area contributed by atoms with Crippen LogP contribution in [-0.4, -0.2) is 39.2 Å². The molecule has 0 spiro atoms. The molecule has 0 unspecified atom stereocenters. The summed E-state index contributed by atoms with van der Waals surface area (Å²) in [5.41, 5.74) is 2.14. The highest BCUT2D eigenvalue weighted by atomic mass is 16.4. The molecule has 27 heavy (non-hydrogen) atoms. The topological polar surface area (TPSA) is 113 Å². The summed E-state index contributed by atoms with van der Waals surface area (Å²) in [6, 6.07) is 14.9. The minimum absolute atomic E-state index is 0.287. The number of nitrogens with one attached hydrogen (secondary N) is 2. The Morgan fingerprint density at radius 1 is 0.926 bits per heavy atom. The number of hydrogen-bond donors (Lipinski definition) is 3. The van der Waals surface area contributed by atoms with Crippen LogP contribution in [-0.2, 0) is 4.79 Å². The molecule has 0 aliphatic rings. The standard InChI is InChI=1S/C19H16N4O4/c24-17(25)12-20-18(26)13-2-6-15(7-3-13)22-19(27)14-4-8-16(9-5-14)23-11-1-10-21-23/h1-11H,12H2,(H,20,26)(H,22,27)(H,24,25). The van der Waals surface area contributed by atoms with Crippen molar-refractivity contribution in [2.45, 2.75) is 0 Å². The van der Waals surface area contributed by atoms with Gasteiger partial charge in [-0.25, -0.2) is 4.68 Å². The highest BCUT2D eigenvalue weighted by Gasteiger charge is 2.09. The number of rotatable bonds is 6. The van der Waals surface area contributed by atoms with E-state index in [-0.39, 0.29) is 5.91 Å². The number of hydrogen-bond acceptors (Lipinski definition) is 4. The number of anilines is 1. The Hall–Kier alpha value is -3.94. The summed E-state index contributed by atoms with van der Waals surface area (Å²) in [6.07, 6.45) is 3.48. The van der Waals surface area contributed by atoms with Gasteiger partial charge in [0.15, 0.2) is 0 Å². The van der Waals surface area contributed by atoms with Gasteiger partial charge in [-0.2, -0.15) is 5.10 Å². The molecule has 0 saturated carbocycles. The summed E-state index contributed by atoms with van der Waals surface area (Å²) in [4.78, 5) is 34.6. The Labute approximate surface area is 154 Å². The van der Waals surface area contributed by atoms with Crippen LogP contribution in [0.2, 0.25) is 0 Å². The van der Waals surface area contributed by atoms with Crippen LogP contribution in [0.15, 0.2) is 67.0 Å². The SMILES string of the molecule is O=C(O)CNC(=O)c1ccc(NC(=O)c2ccc(-n3cccn3)cc2)cc1. The van der Waals surface area contributed by atoms with E-state index in [0.29, 0.717) is 16.8 Å². The largest absolute Gasteiger partial charge is 0.480 e. The van der Waals surface area contributed by atoms with Crippen LogP contribution in [0.5, 0.6) is 0 Å². The maximum Gasteiger partial charge on any atom is 0.322 e. The first-order valence-corrected chi connectivity index (χ1v) is 8.04. The van der Waals surface area contributed by atoms with E-state index in [1.807, 2.05) is 12.3 Å². The van der Waals surface area contributed by atoms with E-state index in [0.717, 1.165) is 5.69 Å². The van der Waals surface area contributed by atoms with Crippen molar-refractivity contribution in [1.82, 2.24) is 15.1 Å². The van der Waals surface area contributed by atoms with E-state index in [4.69, 9.17) is 5.11 Å². The lowest BCUT2D eigenvalue weighted by Crippen LogP contribution is -2.29. The van der Waals surface area contributed by atoms with Gasteiger partial charge in [-0.05, 0) is 54.6 Å². The minimum Gasteiger partial charge on any atom is -0.480 e. The first kappa shape index (κ1) is 17.9. The second kappa shape index (κ2) is 7.96. The molecule has 1 aromatic heterocycles. The molecule has 3 rings (SSSR count). The van der Waals surface area contributed by atoms with Crippen molar-refractivity contribution in [2.75, 3.05) is 11.9 Å². The monoisotopic (exact) mass is 364 g/mol. The zero-order valence-corrected chi connectivity index (χ0v) is 14.1. The fourth-order valence-electron chi connectivity index (χ4n) is 2.35. The van der Waals surface area contributed by atoms with E-state index < -0.39 is 18.4 Å². The third kappa shape index (κ3) is 4.57. The van der Waals surface area contributed by atoms with Gasteiger partial charge in [-0.15, -0.1) is 0 Å². The van der Waals surface area contributed by atoms with E-state index in [1.165, 1.54) is 12.1 Å². The molecule has 0 aliphatic heterocycles. The van der Waals surface area contributed by atoms with Gasteiger partial charge in [-0.1, -0.05) is 0 Å². The molecule has 0 radical (unpaired) electrons. The smallest absolute Gasteiger partial charge is 0.322 e. The quantitative estimate of drug-likeness (QED) is 0.619. The minimum atomic E-state index is -1.12. The maximum absolute atomic E-state index is 12.3. The molecule has 0 aliphatic carbocycles. The second-order valence-corrected chi connectivity index (χ2v) is 5.61. The number of aliphatic carboxylic acids is 1. The van der Waals surface area contributed by atoms with Crippen LogP contribution in [0.4, 0.5) is 5.69 Å². The molecule has 0 atom stereocenters.